The van der Waals surface area contributed by atoms with Crippen LogP contribution in [0.15, 0.2) is 38.0 Å². The van der Waals surface area contributed by atoms with Crippen molar-refractivity contribution in [2.24, 2.45) is 0 Å². The third-order valence-corrected chi connectivity index (χ3v) is 4.80. The molecule has 1 aliphatic heterocycles. The summed E-state index contributed by atoms with van der Waals surface area (Å²) in [5, 5.41) is 4.23. The normalized spacial score (nSPS) is 15.9. The van der Waals surface area contributed by atoms with Crippen LogP contribution in [0.25, 0.3) is 22.4 Å². The summed E-state index contributed by atoms with van der Waals surface area (Å²) in [4.78, 5) is 27.9. The molecule has 1 aromatic carbocycles. The van der Waals surface area contributed by atoms with Crippen LogP contribution in [0.2, 0.25) is 0 Å². The molecule has 1 amide bonds. The summed E-state index contributed by atoms with van der Waals surface area (Å²) in [5.74, 6) is 0.379. The van der Waals surface area contributed by atoms with Crippen LogP contribution in [-0.4, -0.2) is 39.8 Å². The molecular weight excluding hydrogens is 362 g/mol. The van der Waals surface area contributed by atoms with Crippen LogP contribution in [0.5, 0.6) is 0 Å². The van der Waals surface area contributed by atoms with Crippen LogP contribution in [0.1, 0.15) is 45.2 Å². The third kappa shape index (κ3) is 3.81. The van der Waals surface area contributed by atoms with Gasteiger partial charge in [-0.25, -0.2) is 9.59 Å². The Kier molecular flexibility index (Phi) is 4.49. The highest BCUT2D eigenvalue weighted by atomic mass is 16.6. The number of hydrogen-bond acceptors (Lipinski definition) is 6. The molecule has 0 aliphatic carbocycles. The van der Waals surface area contributed by atoms with Gasteiger partial charge in [0.05, 0.1) is 11.2 Å². The van der Waals surface area contributed by atoms with Gasteiger partial charge >= 0.3 is 11.8 Å². The second kappa shape index (κ2) is 6.85. The van der Waals surface area contributed by atoms with Gasteiger partial charge in [-0.05, 0) is 51.8 Å². The molecule has 0 saturated carbocycles. The number of benzene rings is 1. The lowest BCUT2D eigenvalue weighted by Gasteiger charge is -2.32. The summed E-state index contributed by atoms with van der Waals surface area (Å²) in [7, 11) is 0. The van der Waals surface area contributed by atoms with Crippen LogP contribution in [0.3, 0.4) is 0 Å². The van der Waals surface area contributed by atoms with Crippen molar-refractivity contribution in [3.8, 4) is 11.3 Å². The molecule has 8 nitrogen and oxygen atoms in total. The number of nitrogens with one attached hydrogen (secondary N) is 1. The summed E-state index contributed by atoms with van der Waals surface area (Å²) < 4.78 is 16.0. The highest BCUT2D eigenvalue weighted by molar-refractivity contribution is 5.78. The van der Waals surface area contributed by atoms with Crippen LogP contribution >= 0.6 is 0 Å². The van der Waals surface area contributed by atoms with Gasteiger partial charge in [0.15, 0.2) is 11.3 Å². The Morgan fingerprint density at radius 1 is 1.25 bits per heavy atom. The third-order valence-electron chi connectivity index (χ3n) is 4.80. The van der Waals surface area contributed by atoms with E-state index in [0.29, 0.717) is 29.9 Å². The van der Waals surface area contributed by atoms with Crippen LogP contribution < -0.4 is 5.76 Å². The topological polar surface area (TPSA) is 102 Å². The number of nitrogens with zero attached hydrogens (tertiary/aromatic N) is 2. The molecule has 3 heterocycles. The van der Waals surface area contributed by atoms with E-state index in [0.717, 1.165) is 24.1 Å². The average molecular weight is 385 g/mol. The standard InChI is InChI=1S/C20H23N3O5/c1-20(2,3)27-19(25)23-8-6-12(7-9-23)14-11-17(28-22-14)13-4-5-16-15(10-13)21-18(24)26-16/h4-5,10-12H,6-9H2,1-3H3,(H,21,24). The van der Waals surface area contributed by atoms with Gasteiger partial charge in [-0.1, -0.05) is 5.16 Å². The zero-order valence-corrected chi connectivity index (χ0v) is 16.2. The monoisotopic (exact) mass is 385 g/mol. The van der Waals surface area contributed by atoms with Gasteiger partial charge in [0.25, 0.3) is 0 Å². The predicted octanol–water partition coefficient (Wildman–Crippen LogP) is 3.89. The number of rotatable bonds is 2. The lowest BCUT2D eigenvalue weighted by atomic mass is 9.93. The van der Waals surface area contributed by atoms with Crippen molar-refractivity contribution in [1.29, 1.82) is 0 Å². The average Bonchev–Trinajstić information content (AvgIpc) is 3.25. The van der Waals surface area contributed by atoms with E-state index in [-0.39, 0.29) is 12.0 Å². The number of aromatic nitrogens is 2. The van der Waals surface area contributed by atoms with Gasteiger partial charge in [-0.2, -0.15) is 0 Å². The Morgan fingerprint density at radius 2 is 2.00 bits per heavy atom. The lowest BCUT2D eigenvalue weighted by molar-refractivity contribution is 0.0203. The molecule has 1 aliphatic rings. The SMILES string of the molecule is CC(C)(C)OC(=O)N1CCC(c2cc(-c3ccc4oc(=O)[nH]c4c3)on2)CC1. The van der Waals surface area contributed by atoms with Crippen LogP contribution in [0.4, 0.5) is 4.79 Å². The molecule has 28 heavy (non-hydrogen) atoms. The Balaban J connectivity index is 1.43. The molecule has 4 rings (SSSR count). The molecule has 1 fully saturated rings. The number of hydrogen-bond donors (Lipinski definition) is 1. The Morgan fingerprint density at radius 3 is 2.71 bits per heavy atom. The molecule has 0 unspecified atom stereocenters. The van der Waals surface area contributed by atoms with Gasteiger partial charge in [-0.15, -0.1) is 0 Å². The zero-order chi connectivity index (χ0) is 19.9. The van der Waals surface area contributed by atoms with Crippen LogP contribution in [-0.2, 0) is 4.74 Å². The summed E-state index contributed by atoms with van der Waals surface area (Å²) >= 11 is 0. The predicted molar refractivity (Wildman–Crippen MR) is 102 cm³/mol. The zero-order valence-electron chi connectivity index (χ0n) is 16.2. The van der Waals surface area contributed by atoms with Crippen molar-refractivity contribution in [3.05, 3.63) is 40.5 Å². The fraction of sp³-hybridized carbons (Fsp3) is 0.450. The maximum absolute atomic E-state index is 12.2. The van der Waals surface area contributed by atoms with Crippen molar-refractivity contribution in [2.45, 2.75) is 45.1 Å². The number of H-pyrrole nitrogens is 1. The number of carbonyl (C=O) groups is 1. The van der Waals surface area contributed by atoms with E-state index in [2.05, 4.69) is 10.1 Å². The molecule has 0 atom stereocenters. The number of aromatic amines is 1. The van der Waals surface area contributed by atoms with Gasteiger partial charge in [0.1, 0.15) is 5.60 Å². The second-order valence-electron chi connectivity index (χ2n) is 8.08. The summed E-state index contributed by atoms with van der Waals surface area (Å²) in [6, 6.07) is 7.28. The molecule has 0 radical (unpaired) electrons. The van der Waals surface area contributed by atoms with Gasteiger partial charge in [-0.3, -0.25) is 4.98 Å². The van der Waals surface area contributed by atoms with Crippen molar-refractivity contribution in [3.63, 3.8) is 0 Å². The largest absolute Gasteiger partial charge is 0.444 e. The van der Waals surface area contributed by atoms with Crippen LogP contribution in [0, 0.1) is 0 Å². The minimum Gasteiger partial charge on any atom is -0.444 e. The summed E-state index contributed by atoms with van der Waals surface area (Å²) in [6.07, 6.45) is 1.34. The Hall–Kier alpha value is -3.03. The first-order valence-corrected chi connectivity index (χ1v) is 9.36. The lowest BCUT2D eigenvalue weighted by Crippen LogP contribution is -2.41. The molecule has 3 aromatic rings. The number of fused-ring (bicyclic) bond motifs is 1. The number of ether oxygens (including phenoxy) is 1. The van der Waals surface area contributed by atoms with Gasteiger partial charge < -0.3 is 18.6 Å². The molecule has 1 saturated heterocycles. The first-order valence-electron chi connectivity index (χ1n) is 9.36. The number of oxazole rings is 1. The van der Waals surface area contributed by atoms with E-state index < -0.39 is 11.4 Å². The molecule has 0 bridgehead atoms. The number of carbonyl (C=O) groups excluding carboxylic acids is 1. The first-order chi connectivity index (χ1) is 13.3. The molecule has 2 aromatic heterocycles. The fourth-order valence-corrected chi connectivity index (χ4v) is 3.41. The fourth-order valence-electron chi connectivity index (χ4n) is 3.41. The maximum atomic E-state index is 12.2. The quantitative estimate of drug-likeness (QED) is 0.718. The number of piperidine rings is 1. The van der Waals surface area contributed by atoms with Crippen molar-refractivity contribution in [2.75, 3.05) is 13.1 Å². The van der Waals surface area contributed by atoms with E-state index in [9.17, 15) is 9.59 Å². The number of likely N-dealkylation sites (tertiary alicyclic amines) is 1. The second-order valence-corrected chi connectivity index (χ2v) is 8.08. The minimum atomic E-state index is -0.491. The summed E-state index contributed by atoms with van der Waals surface area (Å²) in [5.41, 5.74) is 2.32. The van der Waals surface area contributed by atoms with Crippen molar-refractivity contribution < 1.29 is 18.5 Å². The molecule has 0 spiro atoms. The maximum Gasteiger partial charge on any atom is 0.417 e. The molecule has 1 N–H and O–H groups in total. The van der Waals surface area contributed by atoms with E-state index in [1.165, 1.54) is 0 Å². The number of amides is 1. The van der Waals surface area contributed by atoms with E-state index in [1.807, 2.05) is 32.9 Å². The van der Waals surface area contributed by atoms with Crippen molar-refractivity contribution >= 4 is 17.2 Å². The summed E-state index contributed by atoms with van der Waals surface area (Å²) in [6.45, 7) is 6.86. The highest BCUT2D eigenvalue weighted by Gasteiger charge is 2.29. The first kappa shape index (κ1) is 18.3. The van der Waals surface area contributed by atoms with E-state index >= 15 is 0 Å². The molecule has 8 heteroatoms. The minimum absolute atomic E-state index is 0.230. The highest BCUT2D eigenvalue weighted by Crippen LogP contribution is 2.31. The smallest absolute Gasteiger partial charge is 0.417 e. The molecular formula is C20H23N3O5. The Labute approximate surface area is 161 Å². The van der Waals surface area contributed by atoms with Gasteiger partial charge in [0.2, 0.25) is 0 Å². The Bertz CT molecular complexity index is 1050. The van der Waals surface area contributed by atoms with E-state index in [4.69, 9.17) is 13.7 Å². The molecule has 148 valence electrons. The van der Waals surface area contributed by atoms with E-state index in [1.54, 1.807) is 17.0 Å². The van der Waals surface area contributed by atoms with Gasteiger partial charge in [0, 0.05) is 30.6 Å². The van der Waals surface area contributed by atoms with Crippen molar-refractivity contribution in [1.82, 2.24) is 15.0 Å².